The van der Waals surface area contributed by atoms with Gasteiger partial charge in [0.05, 0.1) is 19.3 Å². The van der Waals surface area contributed by atoms with Gasteiger partial charge >= 0.3 is 11.9 Å². The summed E-state index contributed by atoms with van der Waals surface area (Å²) in [7, 11) is 0. The number of hydrazine groups is 1. The van der Waals surface area contributed by atoms with E-state index in [1.807, 2.05) is 79.7 Å². The van der Waals surface area contributed by atoms with Gasteiger partial charge in [-0.25, -0.2) is 20.0 Å². The molecule has 0 amide bonds. The molecule has 0 spiro atoms. The largest absolute Gasteiger partial charge is 0.464 e. The second-order valence-electron chi connectivity index (χ2n) is 8.08. The number of fused-ring (bicyclic) bond motifs is 1. The molecule has 4 atom stereocenters. The van der Waals surface area contributed by atoms with Crippen molar-refractivity contribution in [2.24, 2.45) is 0 Å². The van der Waals surface area contributed by atoms with E-state index < -0.39 is 41.3 Å². The first-order valence-electron chi connectivity index (χ1n) is 11.3. The zero-order valence-electron chi connectivity index (χ0n) is 18.8. The highest BCUT2D eigenvalue weighted by atomic mass is 16.5. The van der Waals surface area contributed by atoms with Crippen LogP contribution in [0.15, 0.2) is 72.8 Å². The molecule has 0 radical (unpaired) electrons. The number of nitrogens with zero attached hydrogens (tertiary/aromatic N) is 1. The Morgan fingerprint density at radius 1 is 0.939 bits per heavy atom. The molecule has 2 aliphatic heterocycles. The first-order chi connectivity index (χ1) is 16.1. The summed E-state index contributed by atoms with van der Waals surface area (Å²) in [5, 5.41) is 1.60. The molecular formula is C26H28N2O5. The molecule has 0 bridgehead atoms. The lowest BCUT2D eigenvalue weighted by molar-refractivity contribution is -0.163. The lowest BCUT2D eigenvalue weighted by Gasteiger charge is -2.45. The molecule has 1 saturated heterocycles. The van der Waals surface area contributed by atoms with E-state index in [1.54, 1.807) is 11.9 Å². The van der Waals surface area contributed by atoms with Crippen LogP contribution in [0.25, 0.3) is 0 Å². The van der Waals surface area contributed by atoms with Gasteiger partial charge in [-0.1, -0.05) is 79.7 Å². The van der Waals surface area contributed by atoms with Gasteiger partial charge in [-0.05, 0) is 24.5 Å². The van der Waals surface area contributed by atoms with Crippen LogP contribution < -0.4 is 5.43 Å². The maximum absolute atomic E-state index is 14.0. The molecule has 2 aromatic rings. The number of ether oxygens (including phenoxy) is 2. The molecule has 7 heteroatoms. The Labute approximate surface area is 193 Å². The van der Waals surface area contributed by atoms with Gasteiger partial charge in [0.15, 0.2) is 11.8 Å². The number of carbonyl (C=O) groups is 3. The van der Waals surface area contributed by atoms with E-state index in [0.29, 0.717) is 6.42 Å². The third-order valence-electron chi connectivity index (χ3n) is 6.07. The summed E-state index contributed by atoms with van der Waals surface area (Å²) in [6, 6.07) is 17.1. The molecule has 4 rings (SSSR count). The van der Waals surface area contributed by atoms with Crippen molar-refractivity contribution in [2.45, 2.75) is 43.8 Å². The Morgan fingerprint density at radius 2 is 1.58 bits per heavy atom. The Bertz CT molecular complexity index is 1040. The molecule has 7 nitrogen and oxygen atoms in total. The summed E-state index contributed by atoms with van der Waals surface area (Å²) < 4.78 is 10.8. The van der Waals surface area contributed by atoms with Crippen molar-refractivity contribution in [2.75, 3.05) is 13.2 Å². The predicted octanol–water partition coefficient (Wildman–Crippen LogP) is 3.09. The van der Waals surface area contributed by atoms with E-state index >= 15 is 0 Å². The highest BCUT2D eigenvalue weighted by Crippen LogP contribution is 2.48. The lowest BCUT2D eigenvalue weighted by atomic mass is 9.71. The number of benzene rings is 2. The average Bonchev–Trinajstić information content (AvgIpc) is 3.17. The predicted molar refractivity (Wildman–Crippen MR) is 122 cm³/mol. The summed E-state index contributed by atoms with van der Waals surface area (Å²) in [4.78, 5) is 40.5. The van der Waals surface area contributed by atoms with Crippen LogP contribution in [-0.2, 0) is 23.9 Å². The molecule has 4 unspecified atom stereocenters. The normalized spacial score (nSPS) is 26.6. The van der Waals surface area contributed by atoms with E-state index in [4.69, 9.17) is 9.47 Å². The molecule has 172 valence electrons. The highest BCUT2D eigenvalue weighted by molar-refractivity contribution is 6.20. The molecule has 2 heterocycles. The van der Waals surface area contributed by atoms with Crippen LogP contribution in [0.1, 0.15) is 43.4 Å². The van der Waals surface area contributed by atoms with Crippen LogP contribution in [0.3, 0.4) is 0 Å². The second-order valence-corrected chi connectivity index (χ2v) is 8.08. The number of ketones is 1. The zero-order valence-corrected chi connectivity index (χ0v) is 18.8. The Balaban J connectivity index is 1.89. The molecular weight excluding hydrogens is 420 g/mol. The van der Waals surface area contributed by atoms with Gasteiger partial charge in [0.1, 0.15) is 0 Å². The molecule has 1 N–H and O–H groups in total. The molecule has 2 aromatic carbocycles. The fraction of sp³-hybridized carbons (Fsp3) is 0.346. The maximum Gasteiger partial charge on any atom is 0.336 e. The third kappa shape index (κ3) is 3.87. The maximum atomic E-state index is 14.0. The summed E-state index contributed by atoms with van der Waals surface area (Å²) in [6.07, 6.45) is 4.45. The van der Waals surface area contributed by atoms with Crippen molar-refractivity contribution in [3.63, 3.8) is 0 Å². The quantitative estimate of drug-likeness (QED) is 0.396. The van der Waals surface area contributed by atoms with E-state index in [9.17, 15) is 14.4 Å². The number of hydrogen-bond donors (Lipinski definition) is 1. The van der Waals surface area contributed by atoms with Crippen molar-refractivity contribution in [1.29, 1.82) is 0 Å². The summed E-state index contributed by atoms with van der Waals surface area (Å²) in [5.41, 5.74) is 2.92. The number of nitrogens with one attached hydrogen (secondary N) is 1. The number of rotatable bonds is 7. The smallest absolute Gasteiger partial charge is 0.336 e. The van der Waals surface area contributed by atoms with E-state index in [-0.39, 0.29) is 13.2 Å². The molecule has 0 aliphatic carbocycles. The van der Waals surface area contributed by atoms with Crippen molar-refractivity contribution < 1.29 is 23.9 Å². The lowest BCUT2D eigenvalue weighted by Crippen LogP contribution is -2.63. The Morgan fingerprint density at radius 3 is 2.18 bits per heavy atom. The van der Waals surface area contributed by atoms with Crippen molar-refractivity contribution >= 4 is 17.7 Å². The standard InChI is InChI=1S/C26H28N2O5/c1-3-17-33-24(30)22-23(29)26(25(31)32-4-2)20(18-11-7-5-8-12-18)15-16-21(28(26)27-22)19-13-9-6-10-14-19/h5-16,20-22,27H,3-4,17H2,1-2H3. The minimum absolute atomic E-state index is 0.105. The first-order valence-corrected chi connectivity index (χ1v) is 11.3. The third-order valence-corrected chi connectivity index (χ3v) is 6.07. The average molecular weight is 449 g/mol. The van der Waals surface area contributed by atoms with Crippen molar-refractivity contribution in [1.82, 2.24) is 10.4 Å². The Hall–Kier alpha value is -3.29. The van der Waals surface area contributed by atoms with E-state index in [1.165, 1.54) is 0 Å². The highest BCUT2D eigenvalue weighted by Gasteiger charge is 2.68. The monoisotopic (exact) mass is 448 g/mol. The minimum atomic E-state index is -1.76. The fourth-order valence-electron chi connectivity index (χ4n) is 4.62. The van der Waals surface area contributed by atoms with Gasteiger partial charge in [-0.3, -0.25) is 4.79 Å². The summed E-state index contributed by atoms with van der Waals surface area (Å²) in [5.74, 6) is -2.60. The van der Waals surface area contributed by atoms with Crippen LogP contribution in [-0.4, -0.2) is 47.5 Å². The van der Waals surface area contributed by atoms with Crippen molar-refractivity contribution in [3.05, 3.63) is 83.9 Å². The van der Waals surface area contributed by atoms with Crippen LogP contribution in [0, 0.1) is 0 Å². The second kappa shape index (κ2) is 9.68. The van der Waals surface area contributed by atoms with Gasteiger partial charge in [0.2, 0.25) is 5.54 Å². The Kier molecular flexibility index (Phi) is 6.72. The van der Waals surface area contributed by atoms with Gasteiger partial charge in [-0.2, -0.15) is 0 Å². The first kappa shape index (κ1) is 22.9. The minimum Gasteiger partial charge on any atom is -0.464 e. The van der Waals surface area contributed by atoms with Gasteiger partial charge < -0.3 is 9.47 Å². The topological polar surface area (TPSA) is 84.9 Å². The molecule has 1 fully saturated rings. The zero-order chi connectivity index (χ0) is 23.4. The SMILES string of the molecule is CCCOC(=O)C1NN2C(c3ccccc3)C=CC(c3ccccc3)C2(C(=O)OCC)C1=O. The van der Waals surface area contributed by atoms with Crippen LogP contribution in [0.2, 0.25) is 0 Å². The van der Waals surface area contributed by atoms with Crippen LogP contribution in [0.5, 0.6) is 0 Å². The van der Waals surface area contributed by atoms with Gasteiger partial charge in [-0.15, -0.1) is 0 Å². The van der Waals surface area contributed by atoms with Gasteiger partial charge in [0.25, 0.3) is 0 Å². The van der Waals surface area contributed by atoms with Crippen LogP contribution in [0.4, 0.5) is 0 Å². The number of carbonyl (C=O) groups excluding carboxylic acids is 3. The summed E-state index contributed by atoms with van der Waals surface area (Å²) in [6.45, 7) is 3.87. The van der Waals surface area contributed by atoms with E-state index in [0.717, 1.165) is 11.1 Å². The molecule has 33 heavy (non-hydrogen) atoms. The summed E-state index contributed by atoms with van der Waals surface area (Å²) >= 11 is 0. The number of hydrogen-bond acceptors (Lipinski definition) is 7. The number of esters is 2. The molecule has 2 aliphatic rings. The fourth-order valence-corrected chi connectivity index (χ4v) is 4.62. The molecule has 0 saturated carbocycles. The molecule has 0 aromatic heterocycles. The van der Waals surface area contributed by atoms with Crippen LogP contribution >= 0.6 is 0 Å². The number of Topliss-reactive ketones (excluding diaryl/α,β-unsaturated/α-hetero) is 1. The van der Waals surface area contributed by atoms with E-state index in [2.05, 4.69) is 5.43 Å². The van der Waals surface area contributed by atoms with Gasteiger partial charge in [0, 0.05) is 5.92 Å². The van der Waals surface area contributed by atoms with Crippen molar-refractivity contribution in [3.8, 4) is 0 Å².